The van der Waals surface area contributed by atoms with Crippen molar-refractivity contribution in [2.24, 2.45) is 11.7 Å². The van der Waals surface area contributed by atoms with Crippen molar-refractivity contribution in [3.05, 3.63) is 12.2 Å². The first-order valence-corrected chi connectivity index (χ1v) is 5.33. The van der Waals surface area contributed by atoms with Crippen LogP contribution in [0.25, 0.3) is 0 Å². The SMILES string of the molecule is CC=CCN1CCC(C(C)N)CC1. The van der Waals surface area contributed by atoms with Crippen molar-refractivity contribution in [3.8, 4) is 0 Å². The van der Waals surface area contributed by atoms with E-state index in [0.29, 0.717) is 6.04 Å². The lowest BCUT2D eigenvalue weighted by Crippen LogP contribution is -2.39. The molecule has 2 nitrogen and oxygen atoms in total. The van der Waals surface area contributed by atoms with E-state index in [1.807, 2.05) is 0 Å². The highest BCUT2D eigenvalue weighted by atomic mass is 15.1. The summed E-state index contributed by atoms with van der Waals surface area (Å²) in [5, 5.41) is 0. The molecule has 0 amide bonds. The summed E-state index contributed by atoms with van der Waals surface area (Å²) in [6, 6.07) is 0.379. The number of piperidine rings is 1. The predicted molar refractivity (Wildman–Crippen MR) is 57.6 cm³/mol. The lowest BCUT2D eigenvalue weighted by atomic mass is 9.91. The molecule has 76 valence electrons. The van der Waals surface area contributed by atoms with E-state index in [4.69, 9.17) is 5.73 Å². The molecule has 0 aromatic carbocycles. The van der Waals surface area contributed by atoms with Gasteiger partial charge in [0.15, 0.2) is 0 Å². The van der Waals surface area contributed by atoms with Crippen LogP contribution in [0.1, 0.15) is 26.7 Å². The molecular formula is C11H22N2. The molecule has 13 heavy (non-hydrogen) atoms. The molecule has 0 bridgehead atoms. The van der Waals surface area contributed by atoms with Crippen LogP contribution in [0.15, 0.2) is 12.2 Å². The first-order valence-electron chi connectivity index (χ1n) is 5.33. The fourth-order valence-electron chi connectivity index (χ4n) is 1.92. The van der Waals surface area contributed by atoms with Crippen molar-refractivity contribution in [1.82, 2.24) is 4.90 Å². The van der Waals surface area contributed by atoms with E-state index in [1.54, 1.807) is 0 Å². The highest BCUT2D eigenvalue weighted by Gasteiger charge is 2.20. The van der Waals surface area contributed by atoms with Crippen molar-refractivity contribution in [3.63, 3.8) is 0 Å². The molecule has 1 rings (SSSR count). The molecule has 1 aliphatic heterocycles. The van der Waals surface area contributed by atoms with Crippen LogP contribution in [0.5, 0.6) is 0 Å². The average Bonchev–Trinajstić information content (AvgIpc) is 2.15. The maximum absolute atomic E-state index is 5.88. The van der Waals surface area contributed by atoms with Gasteiger partial charge >= 0.3 is 0 Å². The van der Waals surface area contributed by atoms with Gasteiger partial charge in [0.05, 0.1) is 0 Å². The smallest absolute Gasteiger partial charge is 0.0163 e. The molecule has 1 fully saturated rings. The summed E-state index contributed by atoms with van der Waals surface area (Å²) in [6.45, 7) is 7.76. The molecular weight excluding hydrogens is 160 g/mol. The minimum atomic E-state index is 0.379. The van der Waals surface area contributed by atoms with E-state index in [-0.39, 0.29) is 0 Å². The topological polar surface area (TPSA) is 29.3 Å². The van der Waals surface area contributed by atoms with Crippen molar-refractivity contribution >= 4 is 0 Å². The molecule has 1 atom stereocenters. The number of nitrogens with zero attached hydrogens (tertiary/aromatic N) is 1. The van der Waals surface area contributed by atoms with Crippen molar-refractivity contribution < 1.29 is 0 Å². The summed E-state index contributed by atoms with van der Waals surface area (Å²) in [6.07, 6.45) is 6.90. The second kappa shape index (κ2) is 5.40. The normalized spacial score (nSPS) is 23.9. The van der Waals surface area contributed by atoms with E-state index in [1.165, 1.54) is 25.9 Å². The molecule has 0 spiro atoms. The number of likely N-dealkylation sites (tertiary alicyclic amines) is 1. The van der Waals surface area contributed by atoms with Gasteiger partial charge in [0, 0.05) is 12.6 Å². The number of allylic oxidation sites excluding steroid dienone is 1. The fourth-order valence-corrected chi connectivity index (χ4v) is 1.92. The maximum Gasteiger partial charge on any atom is 0.0163 e. The van der Waals surface area contributed by atoms with Gasteiger partial charge in [0.2, 0.25) is 0 Å². The number of rotatable bonds is 3. The van der Waals surface area contributed by atoms with Crippen molar-refractivity contribution in [2.45, 2.75) is 32.7 Å². The van der Waals surface area contributed by atoms with Crippen LogP contribution >= 0.6 is 0 Å². The van der Waals surface area contributed by atoms with Crippen LogP contribution in [-0.4, -0.2) is 30.6 Å². The van der Waals surface area contributed by atoms with E-state index in [9.17, 15) is 0 Å². The summed E-state index contributed by atoms with van der Waals surface area (Å²) in [5.74, 6) is 0.752. The van der Waals surface area contributed by atoms with E-state index >= 15 is 0 Å². The monoisotopic (exact) mass is 182 g/mol. The molecule has 2 N–H and O–H groups in total. The van der Waals surface area contributed by atoms with Crippen LogP contribution in [0.3, 0.4) is 0 Å². The zero-order chi connectivity index (χ0) is 9.68. The highest BCUT2D eigenvalue weighted by molar-refractivity contribution is 4.84. The van der Waals surface area contributed by atoms with Crippen LogP contribution in [0, 0.1) is 5.92 Å². The lowest BCUT2D eigenvalue weighted by molar-refractivity contribution is 0.187. The second-order valence-corrected chi connectivity index (χ2v) is 4.07. The molecule has 0 aliphatic carbocycles. The van der Waals surface area contributed by atoms with Gasteiger partial charge in [-0.3, -0.25) is 4.90 Å². The third-order valence-electron chi connectivity index (χ3n) is 2.98. The van der Waals surface area contributed by atoms with Gasteiger partial charge in [-0.15, -0.1) is 0 Å². The lowest BCUT2D eigenvalue weighted by Gasteiger charge is -2.32. The van der Waals surface area contributed by atoms with Crippen molar-refractivity contribution in [2.75, 3.05) is 19.6 Å². The number of hydrogen-bond acceptors (Lipinski definition) is 2. The fraction of sp³-hybridized carbons (Fsp3) is 0.818. The molecule has 2 heteroatoms. The molecule has 0 saturated carbocycles. The van der Waals surface area contributed by atoms with Crippen molar-refractivity contribution in [1.29, 1.82) is 0 Å². The van der Waals surface area contributed by atoms with Gasteiger partial charge in [0.1, 0.15) is 0 Å². The summed E-state index contributed by atoms with van der Waals surface area (Å²) in [4.78, 5) is 2.50. The first-order chi connectivity index (χ1) is 6.24. The summed E-state index contributed by atoms with van der Waals surface area (Å²) >= 11 is 0. The van der Waals surface area contributed by atoms with Crippen LogP contribution in [0.4, 0.5) is 0 Å². The highest BCUT2D eigenvalue weighted by Crippen LogP contribution is 2.18. The Kier molecular flexibility index (Phi) is 4.46. The largest absolute Gasteiger partial charge is 0.328 e. The first kappa shape index (κ1) is 10.7. The van der Waals surface area contributed by atoms with Gasteiger partial charge in [-0.1, -0.05) is 12.2 Å². The van der Waals surface area contributed by atoms with E-state index in [2.05, 4.69) is 30.9 Å². The standard InChI is InChI=1S/C11H22N2/c1-3-4-7-13-8-5-11(6-9-13)10(2)12/h3-4,10-11H,5-9,12H2,1-2H3. The third kappa shape index (κ3) is 3.49. The summed E-state index contributed by atoms with van der Waals surface area (Å²) < 4.78 is 0. The van der Waals surface area contributed by atoms with Gasteiger partial charge in [-0.05, 0) is 45.7 Å². The van der Waals surface area contributed by atoms with Crippen LogP contribution in [-0.2, 0) is 0 Å². The van der Waals surface area contributed by atoms with Gasteiger partial charge in [-0.25, -0.2) is 0 Å². The molecule has 1 aliphatic rings. The second-order valence-electron chi connectivity index (χ2n) is 4.07. The molecule has 1 unspecified atom stereocenters. The minimum absolute atomic E-state index is 0.379. The van der Waals surface area contributed by atoms with Crippen LogP contribution < -0.4 is 5.73 Å². The summed E-state index contributed by atoms with van der Waals surface area (Å²) in [7, 11) is 0. The molecule has 1 heterocycles. The molecule has 0 radical (unpaired) electrons. The Morgan fingerprint density at radius 1 is 1.46 bits per heavy atom. The Morgan fingerprint density at radius 3 is 2.54 bits per heavy atom. The van der Waals surface area contributed by atoms with Crippen LogP contribution in [0.2, 0.25) is 0 Å². The molecule has 0 aromatic heterocycles. The predicted octanol–water partition coefficient (Wildman–Crippen LogP) is 1.62. The van der Waals surface area contributed by atoms with E-state index < -0.39 is 0 Å². The van der Waals surface area contributed by atoms with E-state index in [0.717, 1.165) is 12.5 Å². The molecule has 0 aromatic rings. The summed E-state index contributed by atoms with van der Waals surface area (Å²) in [5.41, 5.74) is 5.88. The Morgan fingerprint density at radius 2 is 2.08 bits per heavy atom. The van der Waals surface area contributed by atoms with Gasteiger partial charge < -0.3 is 5.73 Å². The zero-order valence-electron chi connectivity index (χ0n) is 8.87. The van der Waals surface area contributed by atoms with Gasteiger partial charge in [-0.2, -0.15) is 0 Å². The molecule has 1 saturated heterocycles. The average molecular weight is 182 g/mol. The Labute approximate surface area is 81.8 Å². The number of hydrogen-bond donors (Lipinski definition) is 1. The Bertz CT molecular complexity index is 155. The quantitative estimate of drug-likeness (QED) is 0.672. The number of nitrogens with two attached hydrogens (primary N) is 1. The van der Waals surface area contributed by atoms with Gasteiger partial charge in [0.25, 0.3) is 0 Å². The maximum atomic E-state index is 5.88. The third-order valence-corrected chi connectivity index (χ3v) is 2.98. The minimum Gasteiger partial charge on any atom is -0.328 e. The Hall–Kier alpha value is -0.340. The zero-order valence-corrected chi connectivity index (χ0v) is 8.87. The Balaban J connectivity index is 2.22.